The molecule has 6 heteroatoms. The van der Waals surface area contributed by atoms with Gasteiger partial charge in [-0.05, 0) is 24.3 Å². The van der Waals surface area contributed by atoms with E-state index in [1.165, 1.54) is 5.57 Å². The second-order valence-electron chi connectivity index (χ2n) is 5.40. The molecule has 0 radical (unpaired) electrons. The Hall–Kier alpha value is -1.37. The summed E-state index contributed by atoms with van der Waals surface area (Å²) in [6, 6.07) is 0.0842. The molecule has 0 spiro atoms. The molecule has 20 heavy (non-hydrogen) atoms. The predicted molar refractivity (Wildman–Crippen MR) is 80.8 cm³/mol. The van der Waals surface area contributed by atoms with Crippen LogP contribution in [0.25, 0.3) is 0 Å². The highest BCUT2D eigenvalue weighted by Crippen LogP contribution is 2.18. The van der Waals surface area contributed by atoms with Gasteiger partial charge in [-0.15, -0.1) is 0 Å². The molecule has 0 bridgehead atoms. The third-order valence-electron chi connectivity index (χ3n) is 3.77. The van der Waals surface area contributed by atoms with E-state index in [0.717, 1.165) is 19.4 Å². The van der Waals surface area contributed by atoms with Crippen LogP contribution < -0.4 is 16.4 Å². The predicted octanol–water partition coefficient (Wildman–Crippen LogP) is 1.17. The van der Waals surface area contributed by atoms with Crippen molar-refractivity contribution in [2.45, 2.75) is 38.1 Å². The number of nitrogens with two attached hydrogens (primary N) is 1. The Morgan fingerprint density at radius 3 is 3.10 bits per heavy atom. The first-order chi connectivity index (χ1) is 9.69. The molecule has 0 amide bonds. The van der Waals surface area contributed by atoms with E-state index in [-0.39, 0.29) is 18.4 Å². The van der Waals surface area contributed by atoms with Crippen LogP contribution >= 0.6 is 0 Å². The molecule has 2 aliphatic rings. The molecule has 5 N–H and O–H groups in total. The van der Waals surface area contributed by atoms with E-state index in [9.17, 15) is 0 Å². The van der Waals surface area contributed by atoms with Gasteiger partial charge in [-0.2, -0.15) is 5.11 Å². The average molecular weight is 276 g/mol. The average Bonchev–Trinajstić information content (AvgIpc) is 2.85. The number of nitrogens with one attached hydrogen (secondary N) is 3. The van der Waals surface area contributed by atoms with E-state index in [1.54, 1.807) is 6.21 Å². The first-order valence-electron chi connectivity index (χ1n) is 7.16. The van der Waals surface area contributed by atoms with Crippen LogP contribution in [0.2, 0.25) is 0 Å². The summed E-state index contributed by atoms with van der Waals surface area (Å²) < 4.78 is 0. The van der Waals surface area contributed by atoms with Gasteiger partial charge in [-0.1, -0.05) is 25.2 Å². The summed E-state index contributed by atoms with van der Waals surface area (Å²) in [7, 11) is 0. The maximum absolute atomic E-state index is 7.27. The van der Waals surface area contributed by atoms with Gasteiger partial charge in [0.2, 0.25) is 0 Å². The molecule has 0 saturated carbocycles. The molecule has 0 aromatic rings. The molecule has 1 saturated heterocycles. The fraction of sp³-hybridized carbons (Fsp3) is 0.643. The van der Waals surface area contributed by atoms with Crippen LogP contribution in [-0.4, -0.2) is 37.7 Å². The zero-order valence-electron chi connectivity index (χ0n) is 11.9. The van der Waals surface area contributed by atoms with Gasteiger partial charge in [-0.3, -0.25) is 15.6 Å². The molecule has 1 heterocycles. The van der Waals surface area contributed by atoms with Crippen molar-refractivity contribution in [1.29, 1.82) is 5.53 Å². The Morgan fingerprint density at radius 1 is 1.60 bits per heavy atom. The van der Waals surface area contributed by atoms with Crippen molar-refractivity contribution in [3.05, 3.63) is 23.8 Å². The second-order valence-corrected chi connectivity index (χ2v) is 5.40. The van der Waals surface area contributed by atoms with Gasteiger partial charge in [0.25, 0.3) is 0 Å². The normalized spacial score (nSPS) is 31.5. The number of hydrogen-bond donors (Lipinski definition) is 4. The number of rotatable bonds is 6. The fourth-order valence-corrected chi connectivity index (χ4v) is 2.53. The van der Waals surface area contributed by atoms with Gasteiger partial charge in [0.15, 0.2) is 0 Å². The lowest BCUT2D eigenvalue weighted by Crippen LogP contribution is -2.42. The Morgan fingerprint density at radius 2 is 2.45 bits per heavy atom. The Labute approximate surface area is 120 Å². The first-order valence-corrected chi connectivity index (χ1v) is 7.16. The van der Waals surface area contributed by atoms with Crippen molar-refractivity contribution in [3.63, 3.8) is 0 Å². The molecule has 0 aromatic carbocycles. The van der Waals surface area contributed by atoms with Crippen LogP contribution in [-0.2, 0) is 0 Å². The topological polar surface area (TPSA) is 98.7 Å². The van der Waals surface area contributed by atoms with Gasteiger partial charge in [0.05, 0.1) is 6.54 Å². The molecular formula is C14H24N6. The van der Waals surface area contributed by atoms with E-state index < -0.39 is 0 Å². The van der Waals surface area contributed by atoms with Gasteiger partial charge in [0.1, 0.15) is 12.3 Å². The lowest BCUT2D eigenvalue weighted by Gasteiger charge is -2.15. The van der Waals surface area contributed by atoms with Crippen LogP contribution in [0.3, 0.4) is 0 Å². The summed E-state index contributed by atoms with van der Waals surface area (Å²) in [5.41, 5.74) is 14.3. The zero-order valence-corrected chi connectivity index (χ0v) is 11.9. The monoisotopic (exact) mass is 276 g/mol. The number of hydrogen-bond acceptors (Lipinski definition) is 6. The van der Waals surface area contributed by atoms with E-state index in [4.69, 9.17) is 11.3 Å². The summed E-state index contributed by atoms with van der Waals surface area (Å²) >= 11 is 0. The number of allylic oxidation sites excluding steroid dienone is 3. The third-order valence-corrected chi connectivity index (χ3v) is 3.77. The summed E-state index contributed by atoms with van der Waals surface area (Å²) in [5.74, 6) is 0.464. The summed E-state index contributed by atoms with van der Waals surface area (Å²) in [5, 5.41) is 9.96. The van der Waals surface area contributed by atoms with Crippen molar-refractivity contribution in [1.82, 2.24) is 10.6 Å². The van der Waals surface area contributed by atoms with E-state index in [0.29, 0.717) is 12.5 Å². The van der Waals surface area contributed by atoms with Crippen molar-refractivity contribution in [3.8, 4) is 0 Å². The lowest BCUT2D eigenvalue weighted by atomic mass is 9.95. The summed E-state index contributed by atoms with van der Waals surface area (Å²) in [4.78, 5) is 4.46. The quantitative estimate of drug-likeness (QED) is 0.333. The van der Waals surface area contributed by atoms with Gasteiger partial charge < -0.3 is 5.73 Å². The molecule has 1 fully saturated rings. The molecule has 6 nitrogen and oxygen atoms in total. The van der Waals surface area contributed by atoms with E-state index in [2.05, 4.69) is 45.9 Å². The highest BCUT2D eigenvalue weighted by molar-refractivity contribution is 5.64. The second kappa shape index (κ2) is 7.42. The van der Waals surface area contributed by atoms with Crippen LogP contribution in [0.5, 0.6) is 0 Å². The largest absolute Gasteiger partial charge is 0.304 e. The zero-order chi connectivity index (χ0) is 14.4. The molecular weight excluding hydrogens is 252 g/mol. The van der Waals surface area contributed by atoms with Crippen LogP contribution in [0, 0.1) is 11.4 Å². The Balaban J connectivity index is 1.79. The lowest BCUT2D eigenvalue weighted by molar-refractivity contribution is 0.503. The number of aliphatic imine (C=N–C) groups is 1. The van der Waals surface area contributed by atoms with Gasteiger partial charge in [0, 0.05) is 18.8 Å². The minimum absolute atomic E-state index is 0.150. The van der Waals surface area contributed by atoms with E-state index in [1.807, 2.05) is 0 Å². The molecule has 0 aromatic heterocycles. The standard InChI is InChI=1S/C14H24N6/c1-10-4-2-3-5-11(10)7-17-8-13(20-16)6-12-9-18-14(15)19-12/h2,4-5,8,10,12-14,16,18-19H,3,6-7,9,15H2,1H3. The van der Waals surface area contributed by atoms with Crippen LogP contribution in [0.4, 0.5) is 0 Å². The number of nitrogens with zero attached hydrogens (tertiary/aromatic N) is 2. The van der Waals surface area contributed by atoms with Crippen LogP contribution in [0.1, 0.15) is 19.8 Å². The molecule has 1 aliphatic heterocycles. The van der Waals surface area contributed by atoms with Gasteiger partial charge >= 0.3 is 0 Å². The fourth-order valence-electron chi connectivity index (χ4n) is 2.53. The van der Waals surface area contributed by atoms with Gasteiger partial charge in [-0.25, -0.2) is 5.53 Å². The van der Waals surface area contributed by atoms with Crippen molar-refractivity contribution < 1.29 is 0 Å². The Kier molecular flexibility index (Phi) is 5.58. The Bertz CT molecular complexity index is 414. The maximum Gasteiger partial charge on any atom is 0.109 e. The summed E-state index contributed by atoms with van der Waals surface area (Å²) in [6.45, 7) is 3.69. The van der Waals surface area contributed by atoms with E-state index >= 15 is 0 Å². The van der Waals surface area contributed by atoms with Crippen molar-refractivity contribution in [2.24, 2.45) is 21.8 Å². The SMILES string of the molecule is CC1C=CCC=C1CN=CC(CC1CNC(N)N1)N=N. The molecule has 110 valence electrons. The third kappa shape index (κ3) is 4.33. The molecule has 4 unspecified atom stereocenters. The summed E-state index contributed by atoms with van der Waals surface area (Å²) in [6.07, 6.45) is 10.0. The molecule has 1 aliphatic carbocycles. The highest BCUT2D eigenvalue weighted by Gasteiger charge is 2.22. The van der Waals surface area contributed by atoms with Crippen molar-refractivity contribution in [2.75, 3.05) is 13.1 Å². The minimum atomic E-state index is -0.172. The first kappa shape index (κ1) is 15.0. The molecule has 4 atom stereocenters. The maximum atomic E-state index is 7.27. The minimum Gasteiger partial charge on any atom is -0.304 e. The highest BCUT2D eigenvalue weighted by atomic mass is 15.3. The smallest absolute Gasteiger partial charge is 0.109 e. The van der Waals surface area contributed by atoms with Crippen LogP contribution in [0.15, 0.2) is 33.9 Å². The molecule has 2 rings (SSSR count). The van der Waals surface area contributed by atoms with Crippen molar-refractivity contribution >= 4 is 6.21 Å².